The first kappa shape index (κ1) is 15.8. The Morgan fingerprint density at radius 3 is 2.78 bits per heavy atom. The summed E-state index contributed by atoms with van der Waals surface area (Å²) >= 11 is 0. The van der Waals surface area contributed by atoms with Crippen LogP contribution in [-0.4, -0.2) is 16.5 Å². The molecule has 1 aliphatic rings. The smallest absolute Gasteiger partial charge is 0.222 e. The second kappa shape index (κ2) is 6.99. The molecule has 2 N–H and O–H groups in total. The number of aromatic nitrogens is 2. The molecule has 1 saturated heterocycles. The zero-order valence-electron chi connectivity index (χ0n) is 14.1. The van der Waals surface area contributed by atoms with Gasteiger partial charge in [-0.05, 0) is 37.3 Å². The molecule has 122 valence electrons. The molecule has 0 radical (unpaired) electrons. The maximum atomic E-state index is 5.90. The van der Waals surface area contributed by atoms with Gasteiger partial charge in [0.05, 0.1) is 6.04 Å². The van der Waals surface area contributed by atoms with E-state index in [1.54, 1.807) is 0 Å². The van der Waals surface area contributed by atoms with E-state index in [2.05, 4.69) is 52.1 Å². The normalized spacial score (nSPS) is 18.7. The zero-order valence-corrected chi connectivity index (χ0v) is 14.1. The van der Waals surface area contributed by atoms with Crippen molar-refractivity contribution >= 4 is 11.8 Å². The van der Waals surface area contributed by atoms with Crippen LogP contribution >= 0.6 is 0 Å². The maximum Gasteiger partial charge on any atom is 0.222 e. The van der Waals surface area contributed by atoms with E-state index >= 15 is 0 Å². The summed E-state index contributed by atoms with van der Waals surface area (Å²) in [5.41, 5.74) is 9.70. The summed E-state index contributed by atoms with van der Waals surface area (Å²) in [5, 5.41) is 0. The molecule has 1 aromatic carbocycles. The first-order chi connectivity index (χ1) is 11.2. The average molecular weight is 310 g/mol. The Hall–Kier alpha value is -2.10. The zero-order chi connectivity index (χ0) is 16.2. The third kappa shape index (κ3) is 3.46. The molecule has 1 aromatic heterocycles. The van der Waals surface area contributed by atoms with Gasteiger partial charge in [0.25, 0.3) is 0 Å². The van der Waals surface area contributed by atoms with E-state index in [0.717, 1.165) is 24.5 Å². The number of hydrogen-bond acceptors (Lipinski definition) is 4. The molecule has 3 rings (SSSR count). The molecular formula is C19H26N4. The van der Waals surface area contributed by atoms with Crippen molar-refractivity contribution in [1.82, 2.24) is 9.97 Å². The number of nitrogen functional groups attached to an aromatic ring is 1. The van der Waals surface area contributed by atoms with Gasteiger partial charge in [0.15, 0.2) is 0 Å². The van der Waals surface area contributed by atoms with Gasteiger partial charge in [-0.3, -0.25) is 0 Å². The van der Waals surface area contributed by atoms with E-state index < -0.39 is 0 Å². The van der Waals surface area contributed by atoms with Gasteiger partial charge in [0, 0.05) is 18.3 Å². The van der Waals surface area contributed by atoms with Gasteiger partial charge in [-0.25, -0.2) is 4.98 Å². The van der Waals surface area contributed by atoms with Crippen molar-refractivity contribution in [3.63, 3.8) is 0 Å². The van der Waals surface area contributed by atoms with Crippen LogP contribution < -0.4 is 10.6 Å². The van der Waals surface area contributed by atoms with Crippen molar-refractivity contribution < 1.29 is 0 Å². The lowest BCUT2D eigenvalue weighted by Crippen LogP contribution is -2.30. The molecule has 1 fully saturated rings. The van der Waals surface area contributed by atoms with Gasteiger partial charge in [0.1, 0.15) is 5.82 Å². The molecular weight excluding hydrogens is 284 g/mol. The fourth-order valence-corrected chi connectivity index (χ4v) is 3.61. The number of benzene rings is 1. The summed E-state index contributed by atoms with van der Waals surface area (Å²) in [5.74, 6) is 1.33. The highest BCUT2D eigenvalue weighted by atomic mass is 15.2. The van der Waals surface area contributed by atoms with Gasteiger partial charge in [-0.1, -0.05) is 44.0 Å². The SMILES string of the molecule is CCc1ccccc1C1CCCCCN1c1cc(C)nc(N)n1. The standard InChI is InChI=1S/C19H26N4/c1-3-15-9-6-7-10-16(15)17-11-5-4-8-12-23(17)18-13-14(2)21-19(20)22-18/h6-7,9-10,13,17H,3-5,8,11-12H2,1-2H3,(H2,20,21,22). The lowest BCUT2D eigenvalue weighted by Gasteiger charge is -2.33. The van der Waals surface area contributed by atoms with Crippen molar-refractivity contribution in [3.05, 3.63) is 47.2 Å². The predicted octanol–water partition coefficient (Wildman–Crippen LogP) is 4.05. The van der Waals surface area contributed by atoms with Crippen LogP contribution in [0.3, 0.4) is 0 Å². The van der Waals surface area contributed by atoms with E-state index in [-0.39, 0.29) is 0 Å². The average Bonchev–Trinajstić information content (AvgIpc) is 2.79. The van der Waals surface area contributed by atoms with Crippen LogP contribution in [0, 0.1) is 6.92 Å². The summed E-state index contributed by atoms with van der Waals surface area (Å²) in [6.07, 6.45) is 5.97. The van der Waals surface area contributed by atoms with E-state index in [1.165, 1.54) is 36.8 Å². The van der Waals surface area contributed by atoms with Crippen LogP contribution in [0.2, 0.25) is 0 Å². The quantitative estimate of drug-likeness (QED) is 0.929. The Morgan fingerprint density at radius 2 is 2.00 bits per heavy atom. The molecule has 2 aromatic rings. The van der Waals surface area contributed by atoms with Gasteiger partial charge in [-0.2, -0.15) is 4.98 Å². The highest BCUT2D eigenvalue weighted by Crippen LogP contribution is 2.35. The van der Waals surface area contributed by atoms with Crippen LogP contribution in [0.15, 0.2) is 30.3 Å². The van der Waals surface area contributed by atoms with Gasteiger partial charge in [-0.15, -0.1) is 0 Å². The Labute approximate surface area is 138 Å². The lowest BCUT2D eigenvalue weighted by atomic mass is 9.94. The Balaban J connectivity index is 2.03. The molecule has 1 aliphatic heterocycles. The molecule has 0 amide bonds. The minimum atomic E-state index is 0.367. The van der Waals surface area contributed by atoms with Crippen molar-refractivity contribution in [1.29, 1.82) is 0 Å². The number of aryl methyl sites for hydroxylation is 2. The summed E-state index contributed by atoms with van der Waals surface area (Å²) < 4.78 is 0. The topological polar surface area (TPSA) is 55.0 Å². The van der Waals surface area contributed by atoms with Gasteiger partial charge in [0.2, 0.25) is 5.95 Å². The molecule has 2 heterocycles. The van der Waals surface area contributed by atoms with E-state index in [1.807, 2.05) is 6.92 Å². The van der Waals surface area contributed by atoms with Crippen molar-refractivity contribution in [2.45, 2.75) is 52.0 Å². The third-order valence-electron chi connectivity index (χ3n) is 4.70. The molecule has 1 unspecified atom stereocenters. The second-order valence-electron chi connectivity index (χ2n) is 6.34. The summed E-state index contributed by atoms with van der Waals surface area (Å²) in [6.45, 7) is 5.24. The number of rotatable bonds is 3. The predicted molar refractivity (Wildman–Crippen MR) is 95.6 cm³/mol. The van der Waals surface area contributed by atoms with Crippen LogP contribution in [0.1, 0.15) is 55.5 Å². The van der Waals surface area contributed by atoms with Crippen LogP contribution in [0.5, 0.6) is 0 Å². The van der Waals surface area contributed by atoms with Gasteiger partial charge < -0.3 is 10.6 Å². The minimum Gasteiger partial charge on any atom is -0.368 e. The highest BCUT2D eigenvalue weighted by Gasteiger charge is 2.25. The fourth-order valence-electron chi connectivity index (χ4n) is 3.61. The molecule has 0 aliphatic carbocycles. The van der Waals surface area contributed by atoms with E-state index in [9.17, 15) is 0 Å². The second-order valence-corrected chi connectivity index (χ2v) is 6.34. The van der Waals surface area contributed by atoms with Crippen LogP contribution in [0.4, 0.5) is 11.8 Å². The van der Waals surface area contributed by atoms with Crippen molar-refractivity contribution in [2.75, 3.05) is 17.2 Å². The Morgan fingerprint density at radius 1 is 1.17 bits per heavy atom. The highest BCUT2D eigenvalue weighted by molar-refractivity contribution is 5.47. The van der Waals surface area contributed by atoms with Gasteiger partial charge >= 0.3 is 0 Å². The minimum absolute atomic E-state index is 0.367. The number of nitrogens with two attached hydrogens (primary N) is 1. The fraction of sp³-hybridized carbons (Fsp3) is 0.474. The first-order valence-corrected chi connectivity index (χ1v) is 8.64. The molecule has 0 bridgehead atoms. The Bertz CT molecular complexity index is 648. The number of hydrogen-bond donors (Lipinski definition) is 1. The van der Waals surface area contributed by atoms with Crippen LogP contribution in [0.25, 0.3) is 0 Å². The Kier molecular flexibility index (Phi) is 4.79. The summed E-state index contributed by atoms with van der Waals surface area (Å²) in [7, 11) is 0. The molecule has 4 nitrogen and oxygen atoms in total. The van der Waals surface area contributed by atoms with Crippen molar-refractivity contribution in [3.8, 4) is 0 Å². The summed E-state index contributed by atoms with van der Waals surface area (Å²) in [6, 6.07) is 11.2. The van der Waals surface area contributed by atoms with E-state index in [0.29, 0.717) is 12.0 Å². The molecule has 0 saturated carbocycles. The largest absolute Gasteiger partial charge is 0.368 e. The van der Waals surface area contributed by atoms with Crippen molar-refractivity contribution in [2.24, 2.45) is 0 Å². The first-order valence-electron chi connectivity index (χ1n) is 8.64. The molecule has 0 spiro atoms. The monoisotopic (exact) mass is 310 g/mol. The number of anilines is 2. The number of nitrogens with zero attached hydrogens (tertiary/aromatic N) is 3. The molecule has 1 atom stereocenters. The van der Waals surface area contributed by atoms with Crippen LogP contribution in [-0.2, 0) is 6.42 Å². The third-order valence-corrected chi connectivity index (χ3v) is 4.70. The lowest BCUT2D eigenvalue weighted by molar-refractivity contribution is 0.592. The maximum absolute atomic E-state index is 5.90. The molecule has 23 heavy (non-hydrogen) atoms. The summed E-state index contributed by atoms with van der Waals surface area (Å²) in [4.78, 5) is 11.2. The molecule has 4 heteroatoms. The van der Waals surface area contributed by atoms with E-state index in [4.69, 9.17) is 5.73 Å².